The van der Waals surface area contributed by atoms with E-state index in [1.165, 1.54) is 10.4 Å². The highest BCUT2D eigenvalue weighted by atomic mass is 32.1. The third-order valence-corrected chi connectivity index (χ3v) is 5.84. The molecule has 1 amide bonds. The summed E-state index contributed by atoms with van der Waals surface area (Å²) in [4.78, 5) is 25.0. The molecule has 22 heavy (non-hydrogen) atoms. The van der Waals surface area contributed by atoms with Gasteiger partial charge in [-0.15, -0.1) is 11.3 Å². The van der Waals surface area contributed by atoms with E-state index in [-0.39, 0.29) is 18.2 Å². The molecule has 5 nitrogen and oxygen atoms in total. The van der Waals surface area contributed by atoms with Gasteiger partial charge < -0.3 is 15.2 Å². The molecule has 0 radical (unpaired) electrons. The Balaban J connectivity index is 1.65. The van der Waals surface area contributed by atoms with E-state index >= 15 is 0 Å². The van der Waals surface area contributed by atoms with Crippen molar-refractivity contribution in [1.82, 2.24) is 5.32 Å². The molecule has 1 aliphatic carbocycles. The Hall–Kier alpha value is -1.40. The van der Waals surface area contributed by atoms with E-state index in [9.17, 15) is 9.59 Å². The van der Waals surface area contributed by atoms with Crippen LogP contribution >= 0.6 is 11.3 Å². The average molecular weight is 323 g/mol. The van der Waals surface area contributed by atoms with Crippen molar-refractivity contribution in [3.05, 3.63) is 21.9 Å². The van der Waals surface area contributed by atoms with Gasteiger partial charge in [0.2, 0.25) is 5.91 Å². The van der Waals surface area contributed by atoms with Crippen molar-refractivity contribution in [1.29, 1.82) is 0 Å². The van der Waals surface area contributed by atoms with Gasteiger partial charge in [0, 0.05) is 29.9 Å². The van der Waals surface area contributed by atoms with Crippen molar-refractivity contribution in [3.63, 3.8) is 0 Å². The molecule has 1 saturated heterocycles. The van der Waals surface area contributed by atoms with Crippen molar-refractivity contribution in [2.75, 3.05) is 13.2 Å². The number of aryl methyl sites for hydroxylation is 1. The summed E-state index contributed by atoms with van der Waals surface area (Å²) in [5, 5.41) is 14.2. The Morgan fingerprint density at radius 3 is 2.77 bits per heavy atom. The van der Waals surface area contributed by atoms with Crippen molar-refractivity contribution >= 4 is 23.2 Å². The number of carbonyl (C=O) groups is 2. The summed E-state index contributed by atoms with van der Waals surface area (Å²) in [5.74, 6) is -0.572. The molecule has 120 valence electrons. The van der Waals surface area contributed by atoms with Crippen LogP contribution in [0.3, 0.4) is 0 Å². The summed E-state index contributed by atoms with van der Waals surface area (Å²) in [6, 6.07) is 2.08. The number of carboxylic acid groups (broad SMARTS) is 1. The first kappa shape index (κ1) is 15.5. The second-order valence-electron chi connectivity index (χ2n) is 6.37. The summed E-state index contributed by atoms with van der Waals surface area (Å²) < 4.78 is 5.32. The molecular formula is C16H21NO4S. The van der Waals surface area contributed by atoms with Gasteiger partial charge in [0.05, 0.1) is 12.0 Å². The summed E-state index contributed by atoms with van der Waals surface area (Å²) in [6.07, 6.45) is 1.98. The highest BCUT2D eigenvalue weighted by molar-refractivity contribution is 7.10. The highest BCUT2D eigenvalue weighted by Gasteiger charge is 2.48. The predicted octanol–water partition coefficient (Wildman–Crippen LogP) is 2.30. The van der Waals surface area contributed by atoms with Crippen LogP contribution in [0.2, 0.25) is 0 Å². The van der Waals surface area contributed by atoms with E-state index in [0.29, 0.717) is 32.0 Å². The van der Waals surface area contributed by atoms with Gasteiger partial charge in [-0.1, -0.05) is 0 Å². The predicted molar refractivity (Wildman–Crippen MR) is 83.1 cm³/mol. The van der Waals surface area contributed by atoms with E-state index in [1.807, 2.05) is 0 Å². The zero-order valence-corrected chi connectivity index (χ0v) is 13.4. The van der Waals surface area contributed by atoms with E-state index in [1.54, 1.807) is 11.3 Å². The molecule has 0 aromatic carbocycles. The van der Waals surface area contributed by atoms with Gasteiger partial charge >= 0.3 is 5.97 Å². The van der Waals surface area contributed by atoms with Crippen LogP contribution in [0.25, 0.3) is 0 Å². The first-order chi connectivity index (χ1) is 10.5. The lowest BCUT2D eigenvalue weighted by atomic mass is 9.86. The third-order valence-electron chi connectivity index (χ3n) is 4.69. The largest absolute Gasteiger partial charge is 0.481 e. The third kappa shape index (κ3) is 3.17. The van der Waals surface area contributed by atoms with Crippen LogP contribution in [0, 0.1) is 12.8 Å². The van der Waals surface area contributed by atoms with Crippen LogP contribution in [0.1, 0.15) is 42.0 Å². The van der Waals surface area contributed by atoms with Gasteiger partial charge in [-0.3, -0.25) is 9.59 Å². The van der Waals surface area contributed by atoms with Crippen LogP contribution < -0.4 is 5.32 Å². The molecule has 0 spiro atoms. The molecular weight excluding hydrogens is 302 g/mol. The standard InChI is InChI=1S/C16H21NO4S/c1-10-2-7-22-14(10)11-8-12(11)15(20)17-16(9-13(18)19)3-5-21-6-4-16/h2,7,11-12H,3-6,8-9H2,1H3,(H,17,20)(H,18,19). The topological polar surface area (TPSA) is 75.6 Å². The fourth-order valence-electron chi connectivity index (χ4n) is 3.29. The maximum atomic E-state index is 12.5. The monoisotopic (exact) mass is 323 g/mol. The number of hydrogen-bond acceptors (Lipinski definition) is 4. The lowest BCUT2D eigenvalue weighted by molar-refractivity contribution is -0.140. The van der Waals surface area contributed by atoms with E-state index in [0.717, 1.165) is 6.42 Å². The molecule has 1 aromatic rings. The molecule has 0 bridgehead atoms. The van der Waals surface area contributed by atoms with Crippen molar-refractivity contribution in [3.8, 4) is 0 Å². The van der Waals surface area contributed by atoms with Crippen molar-refractivity contribution < 1.29 is 19.4 Å². The quantitative estimate of drug-likeness (QED) is 0.872. The highest BCUT2D eigenvalue weighted by Crippen LogP contribution is 2.50. The van der Waals surface area contributed by atoms with Crippen LogP contribution in [0.5, 0.6) is 0 Å². The van der Waals surface area contributed by atoms with E-state index in [4.69, 9.17) is 9.84 Å². The maximum Gasteiger partial charge on any atom is 0.305 e. The second-order valence-corrected chi connectivity index (χ2v) is 7.32. The number of ether oxygens (including phenoxy) is 1. The molecule has 2 unspecified atom stereocenters. The summed E-state index contributed by atoms with van der Waals surface area (Å²) in [5.41, 5.74) is 0.607. The number of carbonyl (C=O) groups excluding carboxylic acids is 1. The fourth-order valence-corrected chi connectivity index (χ4v) is 4.40. The molecule has 2 atom stereocenters. The molecule has 2 aliphatic rings. The average Bonchev–Trinajstić information content (AvgIpc) is 3.14. The van der Waals surface area contributed by atoms with E-state index in [2.05, 4.69) is 23.7 Å². The zero-order chi connectivity index (χ0) is 15.7. The number of aliphatic carboxylic acids is 1. The first-order valence-corrected chi connectivity index (χ1v) is 8.54. The lowest BCUT2D eigenvalue weighted by Gasteiger charge is -2.37. The number of amides is 1. The molecule has 2 N–H and O–H groups in total. The maximum absolute atomic E-state index is 12.5. The number of carboxylic acids is 1. The smallest absolute Gasteiger partial charge is 0.305 e. The second kappa shape index (κ2) is 6.01. The zero-order valence-electron chi connectivity index (χ0n) is 12.6. The Morgan fingerprint density at radius 1 is 1.45 bits per heavy atom. The number of rotatable bonds is 5. The number of nitrogens with one attached hydrogen (secondary N) is 1. The van der Waals surface area contributed by atoms with E-state index < -0.39 is 11.5 Å². The molecule has 2 fully saturated rings. The summed E-state index contributed by atoms with van der Waals surface area (Å²) >= 11 is 1.70. The Bertz CT molecular complexity index is 576. The normalized spacial score (nSPS) is 26.4. The Kier molecular flexibility index (Phi) is 4.23. The molecule has 3 rings (SSSR count). The van der Waals surface area contributed by atoms with Crippen LogP contribution in [0.4, 0.5) is 0 Å². The molecule has 2 heterocycles. The van der Waals surface area contributed by atoms with Crippen molar-refractivity contribution in [2.24, 2.45) is 5.92 Å². The van der Waals surface area contributed by atoms with Gasteiger partial charge in [0.15, 0.2) is 0 Å². The van der Waals surface area contributed by atoms with Crippen LogP contribution in [-0.2, 0) is 14.3 Å². The SMILES string of the molecule is Cc1ccsc1C1CC1C(=O)NC1(CC(=O)O)CCOCC1. The van der Waals surface area contributed by atoms with Gasteiger partial charge in [-0.05, 0) is 43.2 Å². The number of thiophene rings is 1. The number of hydrogen-bond donors (Lipinski definition) is 2. The van der Waals surface area contributed by atoms with Gasteiger partial charge in [0.1, 0.15) is 0 Å². The minimum absolute atomic E-state index is 0.000880. The fraction of sp³-hybridized carbons (Fsp3) is 0.625. The molecule has 1 saturated carbocycles. The van der Waals surface area contributed by atoms with Gasteiger partial charge in [-0.2, -0.15) is 0 Å². The Labute approximate surface area is 133 Å². The molecule has 1 aromatic heterocycles. The van der Waals surface area contributed by atoms with Crippen LogP contribution in [0.15, 0.2) is 11.4 Å². The Morgan fingerprint density at radius 2 is 2.18 bits per heavy atom. The van der Waals surface area contributed by atoms with Crippen LogP contribution in [-0.4, -0.2) is 35.7 Å². The minimum atomic E-state index is -0.872. The molecule has 1 aliphatic heterocycles. The lowest BCUT2D eigenvalue weighted by Crippen LogP contribution is -2.53. The van der Waals surface area contributed by atoms with Crippen molar-refractivity contribution in [2.45, 2.75) is 44.1 Å². The van der Waals surface area contributed by atoms with Gasteiger partial charge in [-0.25, -0.2) is 0 Å². The van der Waals surface area contributed by atoms with Gasteiger partial charge in [0.25, 0.3) is 0 Å². The first-order valence-electron chi connectivity index (χ1n) is 7.66. The molecule has 6 heteroatoms. The summed E-state index contributed by atoms with van der Waals surface area (Å²) in [7, 11) is 0. The summed E-state index contributed by atoms with van der Waals surface area (Å²) in [6.45, 7) is 3.08. The minimum Gasteiger partial charge on any atom is -0.481 e.